The van der Waals surface area contributed by atoms with E-state index in [0.717, 1.165) is 10.5 Å². The highest BCUT2D eigenvalue weighted by Crippen LogP contribution is 2.28. The van der Waals surface area contributed by atoms with Gasteiger partial charge in [0.05, 0.1) is 25.3 Å². The summed E-state index contributed by atoms with van der Waals surface area (Å²) in [5.74, 6) is -0.461. The monoisotopic (exact) mass is 468 g/mol. The molecule has 3 rings (SSSR count). The molecule has 34 heavy (non-hydrogen) atoms. The van der Waals surface area contributed by atoms with Gasteiger partial charge >= 0.3 is 5.97 Å². The van der Waals surface area contributed by atoms with Crippen LogP contribution >= 0.6 is 0 Å². The molecule has 1 aliphatic rings. The zero-order valence-electron chi connectivity index (χ0n) is 19.5. The summed E-state index contributed by atoms with van der Waals surface area (Å²) >= 11 is 0. The quantitative estimate of drug-likeness (QED) is 0.369. The molecule has 9 heteroatoms. The van der Waals surface area contributed by atoms with Crippen LogP contribution in [-0.2, 0) is 20.9 Å². The largest absolute Gasteiger partial charge is 0.493 e. The molecule has 0 saturated heterocycles. The van der Waals surface area contributed by atoms with Gasteiger partial charge in [-0.05, 0) is 43.2 Å². The minimum absolute atomic E-state index is 0.0114. The summed E-state index contributed by atoms with van der Waals surface area (Å²) in [4.78, 5) is 52.1. The lowest BCUT2D eigenvalue weighted by atomic mass is 10.1. The Hall–Kier alpha value is -3.88. The number of hydrogen-bond donors (Lipinski definition) is 0. The average Bonchev–Trinajstić information content (AvgIpc) is 3.10. The first-order valence-electron chi connectivity index (χ1n) is 11.0. The number of carbonyl (C=O) groups excluding carboxylic acids is 4. The number of nitrogens with zero attached hydrogens (tertiary/aromatic N) is 2. The number of carbonyl (C=O) groups is 4. The van der Waals surface area contributed by atoms with E-state index >= 15 is 0 Å². The summed E-state index contributed by atoms with van der Waals surface area (Å²) in [7, 11) is 3.09. The lowest BCUT2D eigenvalue weighted by Crippen LogP contribution is -2.34. The first kappa shape index (κ1) is 24.8. The SMILES string of the molecule is CCN(Cc1ccc(OC)c(OC)c1)C(=O)COC(=O)CCCN1C(=O)c2ccccc2C1=O. The fraction of sp³-hybridized carbons (Fsp3) is 0.360. The summed E-state index contributed by atoms with van der Waals surface area (Å²) in [5, 5.41) is 0. The number of methoxy groups -OCH3 is 2. The zero-order chi connectivity index (χ0) is 24.7. The highest BCUT2D eigenvalue weighted by Gasteiger charge is 2.34. The van der Waals surface area contributed by atoms with Crippen LogP contribution < -0.4 is 9.47 Å². The third kappa shape index (κ3) is 5.54. The maximum Gasteiger partial charge on any atom is 0.306 e. The van der Waals surface area contributed by atoms with Crippen LogP contribution in [-0.4, -0.2) is 67.4 Å². The van der Waals surface area contributed by atoms with Gasteiger partial charge in [-0.15, -0.1) is 0 Å². The van der Waals surface area contributed by atoms with E-state index in [2.05, 4.69) is 0 Å². The van der Waals surface area contributed by atoms with Crippen LogP contribution in [0.3, 0.4) is 0 Å². The van der Waals surface area contributed by atoms with Gasteiger partial charge in [0.25, 0.3) is 17.7 Å². The lowest BCUT2D eigenvalue weighted by Gasteiger charge is -2.21. The summed E-state index contributed by atoms with van der Waals surface area (Å²) in [6.07, 6.45) is 0.240. The first-order valence-corrected chi connectivity index (χ1v) is 11.0. The van der Waals surface area contributed by atoms with E-state index in [0.29, 0.717) is 35.7 Å². The molecule has 3 amide bonds. The molecule has 0 spiro atoms. The molecule has 0 atom stereocenters. The highest BCUT2D eigenvalue weighted by atomic mass is 16.5. The van der Waals surface area contributed by atoms with Gasteiger partial charge < -0.3 is 19.1 Å². The third-order valence-electron chi connectivity index (χ3n) is 5.55. The van der Waals surface area contributed by atoms with Gasteiger partial charge in [0.15, 0.2) is 18.1 Å². The number of hydrogen-bond acceptors (Lipinski definition) is 7. The molecule has 0 saturated carbocycles. The second-order valence-electron chi connectivity index (χ2n) is 7.67. The van der Waals surface area contributed by atoms with Gasteiger partial charge in [0.2, 0.25) is 0 Å². The van der Waals surface area contributed by atoms with E-state index in [1.165, 1.54) is 7.11 Å². The summed E-state index contributed by atoms with van der Waals surface area (Å²) in [6, 6.07) is 12.0. The van der Waals surface area contributed by atoms with Crippen molar-refractivity contribution in [3.05, 3.63) is 59.2 Å². The Labute approximate surface area is 198 Å². The zero-order valence-corrected chi connectivity index (χ0v) is 19.5. The number of amides is 3. The normalized spacial score (nSPS) is 12.4. The Morgan fingerprint density at radius 3 is 2.18 bits per heavy atom. The van der Waals surface area contributed by atoms with Crippen molar-refractivity contribution in [2.45, 2.75) is 26.3 Å². The first-order chi connectivity index (χ1) is 16.4. The predicted octanol–water partition coefficient (Wildman–Crippen LogP) is 2.67. The maximum atomic E-state index is 12.6. The maximum absolute atomic E-state index is 12.6. The van der Waals surface area contributed by atoms with Crippen molar-refractivity contribution in [3.8, 4) is 11.5 Å². The van der Waals surface area contributed by atoms with Gasteiger partial charge in [0.1, 0.15) is 0 Å². The molecule has 2 aromatic rings. The molecule has 0 radical (unpaired) electrons. The molecule has 0 aromatic heterocycles. The van der Waals surface area contributed by atoms with Gasteiger partial charge in [-0.3, -0.25) is 24.1 Å². The predicted molar refractivity (Wildman–Crippen MR) is 123 cm³/mol. The molecule has 0 aliphatic carbocycles. The lowest BCUT2D eigenvalue weighted by molar-refractivity contribution is -0.152. The van der Waals surface area contributed by atoms with Crippen LogP contribution in [0, 0.1) is 0 Å². The molecule has 180 valence electrons. The Morgan fingerprint density at radius 2 is 1.59 bits per heavy atom. The standard InChI is InChI=1S/C25H28N2O7/c1-4-26(15-17-11-12-20(32-2)21(14-17)33-3)22(28)16-34-23(29)10-7-13-27-24(30)18-8-5-6-9-19(18)25(27)31/h5-6,8-9,11-12,14H,4,7,10,13,15-16H2,1-3H3. The summed E-state index contributed by atoms with van der Waals surface area (Å²) < 4.78 is 15.6. The van der Waals surface area contributed by atoms with Crippen molar-refractivity contribution in [2.24, 2.45) is 0 Å². The molecule has 0 fully saturated rings. The number of fused-ring (bicyclic) bond motifs is 1. The molecule has 0 unspecified atom stereocenters. The Balaban J connectivity index is 1.44. The van der Waals surface area contributed by atoms with Crippen LogP contribution in [0.1, 0.15) is 46.0 Å². The van der Waals surface area contributed by atoms with E-state index in [9.17, 15) is 19.2 Å². The Morgan fingerprint density at radius 1 is 0.941 bits per heavy atom. The fourth-order valence-corrected chi connectivity index (χ4v) is 3.71. The summed E-state index contributed by atoms with van der Waals surface area (Å²) in [5.41, 5.74) is 1.59. The molecule has 1 heterocycles. The van der Waals surface area contributed by atoms with E-state index in [-0.39, 0.29) is 43.7 Å². The van der Waals surface area contributed by atoms with E-state index in [4.69, 9.17) is 14.2 Å². The Bertz CT molecular complexity index is 1050. The number of rotatable bonds is 11. The molecular weight excluding hydrogens is 440 g/mol. The van der Waals surface area contributed by atoms with Crippen molar-refractivity contribution in [2.75, 3.05) is 33.9 Å². The van der Waals surface area contributed by atoms with Crippen LogP contribution in [0.2, 0.25) is 0 Å². The van der Waals surface area contributed by atoms with Crippen molar-refractivity contribution in [1.29, 1.82) is 0 Å². The number of likely N-dealkylation sites (N-methyl/N-ethyl adjacent to an activating group) is 1. The number of esters is 1. The second-order valence-corrected chi connectivity index (χ2v) is 7.67. The van der Waals surface area contributed by atoms with Crippen molar-refractivity contribution in [1.82, 2.24) is 9.80 Å². The number of benzene rings is 2. The minimum Gasteiger partial charge on any atom is -0.493 e. The number of imide groups is 1. The van der Waals surface area contributed by atoms with Crippen molar-refractivity contribution >= 4 is 23.7 Å². The van der Waals surface area contributed by atoms with Crippen LogP contribution in [0.4, 0.5) is 0 Å². The van der Waals surface area contributed by atoms with E-state index in [1.54, 1.807) is 48.4 Å². The van der Waals surface area contributed by atoms with E-state index < -0.39 is 5.97 Å². The molecule has 1 aliphatic heterocycles. The Kier molecular flexibility index (Phi) is 8.24. The smallest absolute Gasteiger partial charge is 0.306 e. The number of ether oxygens (including phenoxy) is 3. The highest BCUT2D eigenvalue weighted by molar-refractivity contribution is 6.21. The molecule has 0 bridgehead atoms. The topological polar surface area (TPSA) is 102 Å². The van der Waals surface area contributed by atoms with Crippen LogP contribution in [0.25, 0.3) is 0 Å². The molecule has 9 nitrogen and oxygen atoms in total. The molecule has 2 aromatic carbocycles. The average molecular weight is 469 g/mol. The van der Waals surface area contributed by atoms with Crippen LogP contribution in [0.15, 0.2) is 42.5 Å². The van der Waals surface area contributed by atoms with Gasteiger partial charge in [-0.2, -0.15) is 0 Å². The van der Waals surface area contributed by atoms with Gasteiger partial charge in [-0.25, -0.2) is 0 Å². The summed E-state index contributed by atoms with van der Waals surface area (Å²) in [6.45, 7) is 2.32. The molecule has 0 N–H and O–H groups in total. The second kappa shape index (κ2) is 11.3. The van der Waals surface area contributed by atoms with Crippen LogP contribution in [0.5, 0.6) is 11.5 Å². The third-order valence-corrected chi connectivity index (χ3v) is 5.55. The fourth-order valence-electron chi connectivity index (χ4n) is 3.71. The van der Waals surface area contributed by atoms with E-state index in [1.807, 2.05) is 13.0 Å². The van der Waals surface area contributed by atoms with Crippen molar-refractivity contribution < 1.29 is 33.4 Å². The van der Waals surface area contributed by atoms with Gasteiger partial charge in [0, 0.05) is 26.1 Å². The van der Waals surface area contributed by atoms with Crippen molar-refractivity contribution in [3.63, 3.8) is 0 Å². The van der Waals surface area contributed by atoms with Gasteiger partial charge in [-0.1, -0.05) is 18.2 Å². The minimum atomic E-state index is -0.563. The molecular formula is C25H28N2O7.